The number of amidine groups is 1. The number of aliphatic carboxylic acids is 1. The topological polar surface area (TPSA) is 102 Å². The van der Waals surface area contributed by atoms with Gasteiger partial charge in [-0.25, -0.2) is 0 Å². The molecule has 0 fully saturated rings. The largest absolute Gasteiger partial charge is 0.480 e. The first-order valence-electron chi connectivity index (χ1n) is 4.29. The predicted octanol–water partition coefficient (Wildman–Crippen LogP) is 0.251. The summed E-state index contributed by atoms with van der Waals surface area (Å²) in [6, 6.07) is -0.747. The third-order valence-electron chi connectivity index (χ3n) is 1.60. The number of carboxylic acids is 1. The molecule has 0 aromatic carbocycles. The molecule has 0 aliphatic carbocycles. The number of hydrogen-bond donors (Lipinski definition) is 3. The van der Waals surface area contributed by atoms with Gasteiger partial charge in [0, 0.05) is 6.54 Å². The molecule has 0 heterocycles. The van der Waals surface area contributed by atoms with Gasteiger partial charge in [-0.3, -0.25) is 19.2 Å². The van der Waals surface area contributed by atoms with E-state index in [4.69, 9.17) is 16.6 Å². The van der Waals surface area contributed by atoms with Crippen LogP contribution < -0.4 is 11.5 Å². The zero-order valence-corrected chi connectivity index (χ0v) is 8.68. The molecular weight excluding hydrogens is 208 g/mol. The van der Waals surface area contributed by atoms with Crippen molar-refractivity contribution in [2.24, 2.45) is 16.5 Å². The Morgan fingerprint density at radius 1 is 1.40 bits per heavy atom. The van der Waals surface area contributed by atoms with Gasteiger partial charge in [0.25, 0.3) is 0 Å². The molecule has 0 rings (SSSR count). The van der Waals surface area contributed by atoms with Crippen molar-refractivity contribution in [3.63, 3.8) is 0 Å². The van der Waals surface area contributed by atoms with Gasteiger partial charge in [0.1, 0.15) is 6.04 Å². The molecule has 0 amide bonds. The molecule has 92 valence electrons. The fourth-order valence-corrected chi connectivity index (χ4v) is 0.855. The third kappa shape index (κ3) is 12.8. The fourth-order valence-electron chi connectivity index (χ4n) is 0.855. The number of carboxylic acid groups (broad SMARTS) is 1. The maximum atomic E-state index is 10.3. The fraction of sp³-hybridized carbons (Fsp3) is 0.750. The van der Waals surface area contributed by atoms with Crippen LogP contribution in [0.1, 0.15) is 26.2 Å². The van der Waals surface area contributed by atoms with Crippen molar-refractivity contribution in [2.75, 3.05) is 6.54 Å². The van der Waals surface area contributed by atoms with E-state index in [9.17, 15) is 4.79 Å². The quantitative estimate of drug-likeness (QED) is 0.344. The van der Waals surface area contributed by atoms with Crippen molar-refractivity contribution in [2.45, 2.75) is 32.2 Å². The van der Waals surface area contributed by atoms with E-state index in [1.807, 2.05) is 0 Å². The number of unbranched alkanes of at least 4 members (excludes halogenated alkanes) is 1. The first-order valence-corrected chi connectivity index (χ1v) is 4.29. The first kappa shape index (κ1) is 19.4. The minimum Gasteiger partial charge on any atom is -0.480 e. The summed E-state index contributed by atoms with van der Waals surface area (Å²) < 4.78 is 0. The van der Waals surface area contributed by atoms with Crippen molar-refractivity contribution in [1.82, 2.24) is 0 Å². The van der Waals surface area contributed by atoms with Crippen LogP contribution in [0, 0.1) is 0 Å². The van der Waals surface area contributed by atoms with Crippen molar-refractivity contribution >= 4 is 11.8 Å². The van der Waals surface area contributed by atoms with E-state index in [2.05, 4.69) is 4.99 Å². The van der Waals surface area contributed by atoms with Crippen LogP contribution in [0.25, 0.3) is 0 Å². The van der Waals surface area contributed by atoms with E-state index in [-0.39, 0.29) is 9.41 Å². The molecule has 5 N–H and O–H groups in total. The summed E-state index contributed by atoms with van der Waals surface area (Å²) in [5.74, 6) is -0.388. The second kappa shape index (κ2) is 10.8. The Morgan fingerprint density at radius 2 is 1.93 bits per heavy atom. The number of rotatable bonds is 6. The Kier molecular flexibility index (Phi) is 14.0. The van der Waals surface area contributed by atoms with E-state index in [0.717, 1.165) is 12.8 Å². The average Bonchev–Trinajstić information content (AvgIpc) is 2.02. The standard InChI is InChI=1S/C8H17N3O2.2FH/c1-6(9)11-5-3-2-4-7(10)8(12)13;;/h7H,2-5,10H2,1H3,(H2,9,11)(H,12,13);2*1H/t7-;;/m0../s1. The van der Waals surface area contributed by atoms with Crippen LogP contribution in [-0.4, -0.2) is 29.5 Å². The van der Waals surface area contributed by atoms with Crippen molar-refractivity contribution < 1.29 is 19.3 Å². The van der Waals surface area contributed by atoms with Gasteiger partial charge >= 0.3 is 5.97 Å². The van der Waals surface area contributed by atoms with Gasteiger partial charge in [-0.2, -0.15) is 0 Å². The van der Waals surface area contributed by atoms with Crippen LogP contribution in [0.3, 0.4) is 0 Å². The van der Waals surface area contributed by atoms with Crippen LogP contribution in [-0.2, 0) is 4.79 Å². The van der Waals surface area contributed by atoms with E-state index in [1.54, 1.807) is 6.92 Å². The van der Waals surface area contributed by atoms with Crippen LogP contribution in [0.15, 0.2) is 4.99 Å². The smallest absolute Gasteiger partial charge is 0.320 e. The van der Waals surface area contributed by atoms with Crippen LogP contribution in [0.2, 0.25) is 0 Å². The Balaban J connectivity index is -0.000000720. The van der Waals surface area contributed by atoms with Gasteiger partial charge in [0.05, 0.1) is 5.84 Å². The number of hydrogen-bond acceptors (Lipinski definition) is 3. The Bertz CT molecular complexity index is 196. The van der Waals surface area contributed by atoms with Crippen LogP contribution >= 0.6 is 0 Å². The summed E-state index contributed by atoms with van der Waals surface area (Å²) in [6.45, 7) is 2.37. The van der Waals surface area contributed by atoms with Gasteiger partial charge in [-0.05, 0) is 26.2 Å². The molecule has 0 spiro atoms. The van der Waals surface area contributed by atoms with Gasteiger partial charge in [0.15, 0.2) is 0 Å². The van der Waals surface area contributed by atoms with Crippen molar-refractivity contribution in [1.29, 1.82) is 0 Å². The lowest BCUT2D eigenvalue weighted by Gasteiger charge is -2.04. The summed E-state index contributed by atoms with van der Waals surface area (Å²) in [5.41, 5.74) is 10.6. The summed E-state index contributed by atoms with van der Waals surface area (Å²) in [7, 11) is 0. The Labute approximate surface area is 87.3 Å². The average molecular weight is 227 g/mol. The first-order chi connectivity index (χ1) is 6.04. The summed E-state index contributed by atoms with van der Waals surface area (Å²) in [6.07, 6.45) is 2.09. The monoisotopic (exact) mass is 227 g/mol. The highest BCUT2D eigenvalue weighted by Crippen LogP contribution is 1.99. The maximum Gasteiger partial charge on any atom is 0.320 e. The van der Waals surface area contributed by atoms with Gasteiger partial charge in [-0.15, -0.1) is 0 Å². The molecule has 0 radical (unpaired) electrons. The predicted molar refractivity (Wildman–Crippen MR) is 56.6 cm³/mol. The normalized spacial score (nSPS) is 12.3. The Hall–Kier alpha value is -1.24. The lowest BCUT2D eigenvalue weighted by Crippen LogP contribution is -2.29. The molecule has 0 aromatic heterocycles. The number of nitrogens with two attached hydrogens (primary N) is 2. The third-order valence-corrected chi connectivity index (χ3v) is 1.60. The molecule has 0 aliphatic rings. The molecule has 0 aromatic rings. The molecule has 0 unspecified atom stereocenters. The zero-order chi connectivity index (χ0) is 10.3. The highest BCUT2D eigenvalue weighted by molar-refractivity contribution is 5.77. The molecule has 0 saturated heterocycles. The number of nitrogens with zero attached hydrogens (tertiary/aromatic N) is 1. The molecule has 15 heavy (non-hydrogen) atoms. The van der Waals surface area contributed by atoms with Crippen molar-refractivity contribution in [3.8, 4) is 0 Å². The number of halogens is 2. The van der Waals surface area contributed by atoms with E-state index < -0.39 is 12.0 Å². The lowest BCUT2D eigenvalue weighted by atomic mass is 10.1. The SMILES string of the molecule is CC(N)=NCCCC[C@H](N)C(=O)O.F.F. The van der Waals surface area contributed by atoms with E-state index in [1.165, 1.54) is 0 Å². The lowest BCUT2D eigenvalue weighted by molar-refractivity contribution is -0.138. The van der Waals surface area contributed by atoms with E-state index >= 15 is 0 Å². The maximum absolute atomic E-state index is 10.3. The van der Waals surface area contributed by atoms with Crippen molar-refractivity contribution in [3.05, 3.63) is 0 Å². The second-order valence-corrected chi connectivity index (χ2v) is 2.96. The zero-order valence-electron chi connectivity index (χ0n) is 8.68. The van der Waals surface area contributed by atoms with E-state index in [0.29, 0.717) is 18.8 Å². The molecule has 5 nitrogen and oxygen atoms in total. The molecule has 0 saturated carbocycles. The molecule has 0 bridgehead atoms. The highest BCUT2D eigenvalue weighted by Gasteiger charge is 2.09. The highest BCUT2D eigenvalue weighted by atomic mass is 19.0. The van der Waals surface area contributed by atoms with Crippen LogP contribution in [0.5, 0.6) is 0 Å². The number of carbonyl (C=O) groups is 1. The van der Waals surface area contributed by atoms with Gasteiger partial charge in [0.2, 0.25) is 0 Å². The second-order valence-electron chi connectivity index (χ2n) is 2.96. The summed E-state index contributed by atoms with van der Waals surface area (Å²) in [4.78, 5) is 14.3. The molecule has 7 heteroatoms. The summed E-state index contributed by atoms with van der Waals surface area (Å²) >= 11 is 0. The Morgan fingerprint density at radius 3 is 2.33 bits per heavy atom. The minimum atomic E-state index is -0.946. The van der Waals surface area contributed by atoms with Gasteiger partial charge < -0.3 is 16.6 Å². The number of aliphatic imine (C=N–C) groups is 1. The summed E-state index contributed by atoms with van der Waals surface area (Å²) in [5, 5.41) is 8.45. The molecular formula is C8H19F2N3O2. The molecule has 0 aliphatic heterocycles. The molecule has 1 atom stereocenters. The van der Waals surface area contributed by atoms with Gasteiger partial charge in [-0.1, -0.05) is 0 Å². The van der Waals surface area contributed by atoms with Crippen LogP contribution in [0.4, 0.5) is 9.41 Å². The minimum absolute atomic E-state index is 0.